The number of hydrogen-bond donors (Lipinski definition) is 1. The van der Waals surface area contributed by atoms with E-state index < -0.39 is 0 Å². The highest BCUT2D eigenvalue weighted by Gasteiger charge is 2.27. The minimum absolute atomic E-state index is 0. The molecule has 4 aromatic rings. The second-order valence-corrected chi connectivity index (χ2v) is 7.99. The van der Waals surface area contributed by atoms with Gasteiger partial charge in [0.05, 0.1) is 24.0 Å². The molecule has 3 heterocycles. The van der Waals surface area contributed by atoms with Crippen molar-refractivity contribution in [1.82, 2.24) is 15.6 Å². The summed E-state index contributed by atoms with van der Waals surface area (Å²) in [5, 5.41) is 10.8. The second-order valence-electron chi connectivity index (χ2n) is 7.99. The van der Waals surface area contributed by atoms with E-state index in [9.17, 15) is 14.9 Å². The number of para-hydroxylation sites is 1. The second kappa shape index (κ2) is 11.9. The Morgan fingerprint density at radius 3 is 2.25 bits per heavy atom. The first-order valence-corrected chi connectivity index (χ1v) is 11.8. The molecule has 1 fully saturated rings. The van der Waals surface area contributed by atoms with E-state index >= 15 is 0 Å². The highest BCUT2D eigenvalue weighted by atomic mass is 16.3. The molecule has 8 nitrogen and oxygen atoms in total. The molecule has 0 aliphatic carbocycles. The Kier molecular flexibility index (Phi) is 8.66. The quantitative estimate of drug-likeness (QED) is 0.449. The Labute approximate surface area is 210 Å². The van der Waals surface area contributed by atoms with Crippen molar-refractivity contribution >= 4 is 22.5 Å². The number of amides is 1. The monoisotopic (exact) mass is 485 g/mol. The highest BCUT2D eigenvalue weighted by molar-refractivity contribution is 5.95. The fraction of sp³-hybridized carbons (Fsp3) is 0.250. The molecule has 1 aliphatic heterocycles. The third kappa shape index (κ3) is 5.02. The SMILES string of the molecule is CC.N.N#Cc1c(N2CCN(C(=O)c3ccco3)CC2)c2ccccc2n(Cc2ccccc2)c1=O. The van der Waals surface area contributed by atoms with E-state index in [2.05, 4.69) is 6.07 Å². The lowest BCUT2D eigenvalue weighted by atomic mass is 10.1. The first-order chi connectivity index (χ1) is 17.2. The van der Waals surface area contributed by atoms with Gasteiger partial charge in [0.15, 0.2) is 5.76 Å². The van der Waals surface area contributed by atoms with Gasteiger partial charge in [-0.25, -0.2) is 0 Å². The van der Waals surface area contributed by atoms with Crippen LogP contribution in [-0.2, 0) is 6.54 Å². The molecule has 0 unspecified atom stereocenters. The maximum absolute atomic E-state index is 13.4. The molecule has 0 atom stereocenters. The van der Waals surface area contributed by atoms with Crippen molar-refractivity contribution in [1.29, 1.82) is 5.26 Å². The molecule has 1 aliphatic rings. The summed E-state index contributed by atoms with van der Waals surface area (Å²) in [6, 6.07) is 22.9. The van der Waals surface area contributed by atoms with E-state index in [1.165, 1.54) is 6.26 Å². The zero-order valence-electron chi connectivity index (χ0n) is 20.7. The van der Waals surface area contributed by atoms with Crippen LogP contribution in [0.5, 0.6) is 0 Å². The summed E-state index contributed by atoms with van der Waals surface area (Å²) in [6.45, 7) is 6.39. The van der Waals surface area contributed by atoms with E-state index in [0.717, 1.165) is 16.5 Å². The standard InChI is InChI=1S/C26H22N4O3.C2H6.H3N/c27-17-21-24(28-12-14-29(15-13-28)26(32)23-11-6-16-33-23)20-9-4-5-10-22(20)30(25(21)31)18-19-7-2-1-3-8-19;1-2;/h1-11,16H,12-15,18H2;1-2H3;1H3. The fourth-order valence-electron chi connectivity index (χ4n) is 4.43. The van der Waals surface area contributed by atoms with Crippen molar-refractivity contribution in [3.63, 3.8) is 0 Å². The van der Waals surface area contributed by atoms with Crippen LogP contribution in [0, 0.1) is 11.3 Å². The predicted molar refractivity (Wildman–Crippen MR) is 142 cm³/mol. The summed E-state index contributed by atoms with van der Waals surface area (Å²) in [5.41, 5.74) is 2.26. The topological polar surface area (TPSA) is 117 Å². The molecule has 5 rings (SSSR count). The Balaban J connectivity index is 0.00000117. The summed E-state index contributed by atoms with van der Waals surface area (Å²) in [4.78, 5) is 29.8. The van der Waals surface area contributed by atoms with Crippen LogP contribution in [0.2, 0.25) is 0 Å². The van der Waals surface area contributed by atoms with Gasteiger partial charge in [0.2, 0.25) is 0 Å². The van der Waals surface area contributed by atoms with Crippen LogP contribution in [0.3, 0.4) is 0 Å². The molecule has 186 valence electrons. The Morgan fingerprint density at radius 1 is 0.944 bits per heavy atom. The van der Waals surface area contributed by atoms with Gasteiger partial charge in [0, 0.05) is 31.6 Å². The summed E-state index contributed by atoms with van der Waals surface area (Å²) in [5.74, 6) is 0.165. The smallest absolute Gasteiger partial charge is 0.289 e. The minimum atomic E-state index is -0.302. The van der Waals surface area contributed by atoms with Gasteiger partial charge in [0.1, 0.15) is 11.6 Å². The lowest BCUT2D eigenvalue weighted by Crippen LogP contribution is -2.49. The number of piperazine rings is 1. The summed E-state index contributed by atoms with van der Waals surface area (Å²) >= 11 is 0. The van der Waals surface area contributed by atoms with Gasteiger partial charge in [-0.2, -0.15) is 5.26 Å². The lowest BCUT2D eigenvalue weighted by Gasteiger charge is -2.36. The number of nitrogens with zero attached hydrogens (tertiary/aromatic N) is 4. The zero-order chi connectivity index (χ0) is 24.8. The molecule has 0 spiro atoms. The molecule has 0 bridgehead atoms. The average Bonchev–Trinajstić information content (AvgIpc) is 3.46. The third-order valence-corrected chi connectivity index (χ3v) is 6.06. The number of aromatic nitrogens is 1. The van der Waals surface area contributed by atoms with E-state index in [4.69, 9.17) is 4.42 Å². The van der Waals surface area contributed by atoms with Gasteiger partial charge >= 0.3 is 0 Å². The maximum atomic E-state index is 13.4. The lowest BCUT2D eigenvalue weighted by molar-refractivity contribution is 0.0715. The van der Waals surface area contributed by atoms with Crippen LogP contribution in [0.15, 0.2) is 82.2 Å². The van der Waals surface area contributed by atoms with Gasteiger partial charge in [0.25, 0.3) is 11.5 Å². The van der Waals surface area contributed by atoms with Crippen molar-refractivity contribution in [2.24, 2.45) is 0 Å². The molecule has 1 saturated heterocycles. The minimum Gasteiger partial charge on any atom is -0.459 e. The number of furan rings is 1. The Bertz CT molecular complexity index is 1400. The molecule has 1 amide bonds. The number of benzene rings is 2. The first-order valence-electron chi connectivity index (χ1n) is 11.8. The van der Waals surface area contributed by atoms with E-state index in [1.54, 1.807) is 21.6 Å². The number of hydrogen-bond acceptors (Lipinski definition) is 6. The van der Waals surface area contributed by atoms with Crippen LogP contribution >= 0.6 is 0 Å². The molecule has 36 heavy (non-hydrogen) atoms. The molecular weight excluding hydrogens is 454 g/mol. The number of carbonyl (C=O) groups excluding carboxylic acids is 1. The van der Waals surface area contributed by atoms with Crippen LogP contribution < -0.4 is 16.6 Å². The van der Waals surface area contributed by atoms with Gasteiger partial charge < -0.3 is 24.9 Å². The number of anilines is 1. The van der Waals surface area contributed by atoms with Gasteiger partial charge in [-0.05, 0) is 23.8 Å². The van der Waals surface area contributed by atoms with E-state index in [-0.39, 0.29) is 23.2 Å². The molecule has 2 aromatic carbocycles. The number of nitriles is 1. The summed E-state index contributed by atoms with van der Waals surface area (Å²) in [7, 11) is 0. The zero-order valence-corrected chi connectivity index (χ0v) is 20.7. The Morgan fingerprint density at radius 2 is 1.61 bits per heavy atom. The van der Waals surface area contributed by atoms with Crippen LogP contribution in [-0.4, -0.2) is 41.6 Å². The van der Waals surface area contributed by atoms with Crippen molar-refractivity contribution in [3.8, 4) is 6.07 Å². The third-order valence-electron chi connectivity index (χ3n) is 6.06. The number of carbonyl (C=O) groups is 1. The van der Waals surface area contributed by atoms with Gasteiger partial charge in [-0.1, -0.05) is 62.4 Å². The predicted octanol–water partition coefficient (Wildman–Crippen LogP) is 4.67. The van der Waals surface area contributed by atoms with Crippen molar-refractivity contribution in [2.75, 3.05) is 31.1 Å². The van der Waals surface area contributed by atoms with E-state index in [1.807, 2.05) is 73.3 Å². The summed E-state index contributed by atoms with van der Waals surface area (Å²) < 4.78 is 6.91. The first kappa shape index (κ1) is 26.3. The molecule has 8 heteroatoms. The van der Waals surface area contributed by atoms with Crippen LogP contribution in [0.1, 0.15) is 35.5 Å². The molecule has 3 N–H and O–H groups in total. The van der Waals surface area contributed by atoms with E-state index in [0.29, 0.717) is 44.2 Å². The number of pyridine rings is 1. The molecule has 0 saturated carbocycles. The fourth-order valence-corrected chi connectivity index (χ4v) is 4.43. The highest BCUT2D eigenvalue weighted by Crippen LogP contribution is 2.30. The molecule has 0 radical (unpaired) electrons. The van der Waals surface area contributed by atoms with Crippen LogP contribution in [0.25, 0.3) is 10.9 Å². The van der Waals surface area contributed by atoms with Crippen molar-refractivity contribution in [2.45, 2.75) is 20.4 Å². The number of fused-ring (bicyclic) bond motifs is 1. The summed E-state index contributed by atoms with van der Waals surface area (Å²) in [6.07, 6.45) is 1.49. The Hall–Kier alpha value is -4.35. The van der Waals surface area contributed by atoms with Crippen molar-refractivity contribution < 1.29 is 9.21 Å². The number of rotatable bonds is 4. The molecule has 2 aromatic heterocycles. The van der Waals surface area contributed by atoms with Gasteiger partial charge in [-0.15, -0.1) is 0 Å². The molecular formula is C28H31N5O3. The van der Waals surface area contributed by atoms with Gasteiger partial charge in [-0.3, -0.25) is 9.59 Å². The van der Waals surface area contributed by atoms with Crippen molar-refractivity contribution in [3.05, 3.63) is 100 Å². The maximum Gasteiger partial charge on any atom is 0.289 e. The largest absolute Gasteiger partial charge is 0.459 e. The average molecular weight is 486 g/mol. The van der Waals surface area contributed by atoms with Crippen LogP contribution in [0.4, 0.5) is 5.69 Å². The normalized spacial score (nSPS) is 12.8.